The fourth-order valence-corrected chi connectivity index (χ4v) is 3.77. The normalized spacial score (nSPS) is 30.2. The molecule has 0 aliphatic carbocycles. The van der Waals surface area contributed by atoms with E-state index in [1.165, 1.54) is 6.42 Å². The van der Waals surface area contributed by atoms with Crippen LogP contribution < -0.4 is 10.2 Å². The number of rotatable bonds is 2. The largest absolute Gasteiger partial charge is 0.353 e. The van der Waals surface area contributed by atoms with Gasteiger partial charge in [0.2, 0.25) is 0 Å². The van der Waals surface area contributed by atoms with Gasteiger partial charge in [-0.3, -0.25) is 0 Å². The molecule has 0 amide bonds. The number of aromatic nitrogens is 3. The van der Waals surface area contributed by atoms with Crippen molar-refractivity contribution in [2.45, 2.75) is 19.4 Å². The van der Waals surface area contributed by atoms with Crippen molar-refractivity contribution in [1.29, 1.82) is 0 Å². The lowest BCUT2D eigenvalue weighted by atomic mass is 9.93. The molecule has 4 heterocycles. The molecule has 2 aromatic heterocycles. The smallest absolute Gasteiger partial charge is 0.157 e. The van der Waals surface area contributed by atoms with Crippen molar-refractivity contribution in [1.82, 2.24) is 19.9 Å². The maximum atomic E-state index is 4.75. The molecule has 0 spiro atoms. The van der Waals surface area contributed by atoms with E-state index in [0.717, 1.165) is 42.9 Å². The van der Waals surface area contributed by atoms with Gasteiger partial charge in [-0.1, -0.05) is 6.92 Å². The van der Waals surface area contributed by atoms with Gasteiger partial charge in [-0.05, 0) is 24.3 Å². The van der Waals surface area contributed by atoms with Crippen molar-refractivity contribution in [3.63, 3.8) is 0 Å². The van der Waals surface area contributed by atoms with Crippen molar-refractivity contribution in [2.24, 2.45) is 11.8 Å². The summed E-state index contributed by atoms with van der Waals surface area (Å²) in [7, 11) is 0. The van der Waals surface area contributed by atoms with E-state index >= 15 is 0 Å². The summed E-state index contributed by atoms with van der Waals surface area (Å²) < 4.78 is 1.82. The van der Waals surface area contributed by atoms with E-state index < -0.39 is 0 Å². The van der Waals surface area contributed by atoms with Crippen LogP contribution in [-0.4, -0.2) is 40.3 Å². The summed E-state index contributed by atoms with van der Waals surface area (Å²) in [5, 5.41) is 7.73. The van der Waals surface area contributed by atoms with E-state index in [1.54, 1.807) is 6.20 Å². The first-order chi connectivity index (χ1) is 9.36. The lowest BCUT2D eigenvalue weighted by Crippen LogP contribution is -2.35. The van der Waals surface area contributed by atoms with Crippen molar-refractivity contribution in [2.75, 3.05) is 24.5 Å². The Labute approximate surface area is 112 Å². The second kappa shape index (κ2) is 4.20. The van der Waals surface area contributed by atoms with Gasteiger partial charge in [0.25, 0.3) is 0 Å². The van der Waals surface area contributed by atoms with Crippen LogP contribution in [-0.2, 0) is 0 Å². The van der Waals surface area contributed by atoms with Crippen LogP contribution >= 0.6 is 0 Å². The van der Waals surface area contributed by atoms with E-state index in [1.807, 2.05) is 16.8 Å². The molecule has 0 saturated carbocycles. The molecular weight excluding hydrogens is 238 g/mol. The van der Waals surface area contributed by atoms with Crippen LogP contribution in [0.1, 0.15) is 13.3 Å². The highest BCUT2D eigenvalue weighted by molar-refractivity contribution is 5.49. The molecule has 5 nitrogen and oxygen atoms in total. The fourth-order valence-electron chi connectivity index (χ4n) is 3.77. The molecule has 4 rings (SSSR count). The topological polar surface area (TPSA) is 45.5 Å². The summed E-state index contributed by atoms with van der Waals surface area (Å²) in [5.74, 6) is 2.68. The molecule has 3 unspecified atom stereocenters. The monoisotopic (exact) mass is 257 g/mol. The second-order valence-electron chi connectivity index (χ2n) is 5.63. The van der Waals surface area contributed by atoms with E-state index in [-0.39, 0.29) is 0 Å². The van der Waals surface area contributed by atoms with Gasteiger partial charge in [0.1, 0.15) is 5.82 Å². The maximum Gasteiger partial charge on any atom is 0.157 e. The Kier molecular flexibility index (Phi) is 2.48. The molecule has 2 aliphatic rings. The number of hydrogen-bond acceptors (Lipinski definition) is 4. The average Bonchev–Trinajstić information content (AvgIpc) is 3.12. The molecule has 1 N–H and O–H groups in total. The van der Waals surface area contributed by atoms with Crippen molar-refractivity contribution >= 4 is 11.5 Å². The van der Waals surface area contributed by atoms with Crippen LogP contribution in [0.3, 0.4) is 0 Å². The third-order valence-electron chi connectivity index (χ3n) is 4.67. The number of fused-ring (bicyclic) bond motifs is 2. The van der Waals surface area contributed by atoms with Gasteiger partial charge in [-0.2, -0.15) is 5.10 Å². The Balaban J connectivity index is 1.70. The first kappa shape index (κ1) is 11.2. The molecule has 2 aliphatic heterocycles. The molecule has 2 saturated heterocycles. The molecule has 0 radical (unpaired) electrons. The molecule has 2 aromatic rings. The highest BCUT2D eigenvalue weighted by Crippen LogP contribution is 2.36. The summed E-state index contributed by atoms with van der Waals surface area (Å²) >= 11 is 0. The van der Waals surface area contributed by atoms with Gasteiger partial charge in [-0.25, -0.2) is 9.50 Å². The van der Waals surface area contributed by atoms with Gasteiger partial charge in [0.15, 0.2) is 5.65 Å². The molecule has 2 fully saturated rings. The zero-order chi connectivity index (χ0) is 12.8. The zero-order valence-electron chi connectivity index (χ0n) is 11.2. The van der Waals surface area contributed by atoms with Crippen LogP contribution in [0, 0.1) is 11.8 Å². The summed E-state index contributed by atoms with van der Waals surface area (Å²) in [6.07, 6.45) is 5.00. The Morgan fingerprint density at radius 2 is 2.32 bits per heavy atom. The van der Waals surface area contributed by atoms with Gasteiger partial charge >= 0.3 is 0 Å². The van der Waals surface area contributed by atoms with Gasteiger partial charge in [0, 0.05) is 37.9 Å². The predicted octanol–water partition coefficient (Wildman–Crippen LogP) is 1.16. The van der Waals surface area contributed by atoms with Crippen LogP contribution in [0.15, 0.2) is 24.5 Å². The van der Waals surface area contributed by atoms with E-state index in [4.69, 9.17) is 4.98 Å². The second-order valence-corrected chi connectivity index (χ2v) is 5.63. The lowest BCUT2D eigenvalue weighted by Gasteiger charge is -2.27. The summed E-state index contributed by atoms with van der Waals surface area (Å²) in [5.41, 5.74) is 0.933. The fraction of sp³-hybridized carbons (Fsp3) is 0.571. The minimum Gasteiger partial charge on any atom is -0.353 e. The van der Waals surface area contributed by atoms with Crippen molar-refractivity contribution in [3.05, 3.63) is 24.5 Å². The number of nitrogens with one attached hydrogen (secondary N) is 1. The Morgan fingerprint density at radius 3 is 3.21 bits per heavy atom. The predicted molar refractivity (Wildman–Crippen MR) is 74.3 cm³/mol. The standard InChI is InChI=1S/C14H19N5/c1-2-12-11-8-15-7-10(11)9-18(12)13-4-6-19-14(17-13)3-5-16-19/h3-6,10-12,15H,2,7-9H2,1H3. The van der Waals surface area contributed by atoms with E-state index in [0.29, 0.717) is 6.04 Å². The quantitative estimate of drug-likeness (QED) is 0.877. The molecule has 0 aromatic carbocycles. The third-order valence-corrected chi connectivity index (χ3v) is 4.67. The Morgan fingerprint density at radius 1 is 1.37 bits per heavy atom. The minimum atomic E-state index is 0.623. The van der Waals surface area contributed by atoms with Gasteiger partial charge < -0.3 is 10.2 Å². The summed E-state index contributed by atoms with van der Waals surface area (Å²) in [6, 6.07) is 4.68. The van der Waals surface area contributed by atoms with Crippen molar-refractivity contribution in [3.8, 4) is 0 Å². The van der Waals surface area contributed by atoms with E-state index in [2.05, 4.69) is 28.3 Å². The molecule has 100 valence electrons. The van der Waals surface area contributed by atoms with Crippen molar-refractivity contribution < 1.29 is 0 Å². The molecule has 3 atom stereocenters. The number of hydrogen-bond donors (Lipinski definition) is 1. The zero-order valence-corrected chi connectivity index (χ0v) is 11.2. The number of anilines is 1. The molecular formula is C14H19N5. The van der Waals surface area contributed by atoms with E-state index in [9.17, 15) is 0 Å². The SMILES string of the molecule is CCC1C2CNCC2CN1c1ccn2nccc2n1. The maximum absolute atomic E-state index is 4.75. The van der Waals surface area contributed by atoms with Crippen LogP contribution in [0.5, 0.6) is 0 Å². The summed E-state index contributed by atoms with van der Waals surface area (Å²) in [6.45, 7) is 5.74. The average molecular weight is 257 g/mol. The molecule has 0 bridgehead atoms. The summed E-state index contributed by atoms with van der Waals surface area (Å²) in [4.78, 5) is 7.25. The number of nitrogens with zero attached hydrogens (tertiary/aromatic N) is 4. The first-order valence-electron chi connectivity index (χ1n) is 7.14. The molecule has 19 heavy (non-hydrogen) atoms. The first-order valence-corrected chi connectivity index (χ1v) is 7.14. The van der Waals surface area contributed by atoms with Gasteiger partial charge in [0.05, 0.1) is 6.20 Å². The van der Waals surface area contributed by atoms with Crippen LogP contribution in [0.2, 0.25) is 0 Å². The molecule has 5 heteroatoms. The van der Waals surface area contributed by atoms with Gasteiger partial charge in [-0.15, -0.1) is 0 Å². The third kappa shape index (κ3) is 1.64. The Hall–Kier alpha value is -1.62. The lowest BCUT2D eigenvalue weighted by molar-refractivity contribution is 0.441. The highest BCUT2D eigenvalue weighted by atomic mass is 15.3. The van der Waals surface area contributed by atoms with Crippen LogP contribution in [0.4, 0.5) is 5.82 Å². The Bertz CT molecular complexity index is 592. The minimum absolute atomic E-state index is 0.623. The highest BCUT2D eigenvalue weighted by Gasteiger charge is 2.43. The van der Waals surface area contributed by atoms with Crippen LogP contribution in [0.25, 0.3) is 5.65 Å².